The van der Waals surface area contributed by atoms with Crippen molar-refractivity contribution < 1.29 is 9.18 Å². The molecule has 0 aromatic heterocycles. The summed E-state index contributed by atoms with van der Waals surface area (Å²) in [7, 11) is 0. The summed E-state index contributed by atoms with van der Waals surface area (Å²) in [5.74, 6) is 0.601. The number of carbonyl (C=O) groups excluding carboxylic acids is 1. The van der Waals surface area contributed by atoms with Crippen LogP contribution in [0.3, 0.4) is 0 Å². The number of amides is 1. The number of hydrogen-bond donors (Lipinski definition) is 1. The van der Waals surface area contributed by atoms with Crippen LogP contribution in [0.4, 0.5) is 4.39 Å². The topological polar surface area (TPSA) is 29.1 Å². The third kappa shape index (κ3) is 2.58. The molecule has 2 unspecified atom stereocenters. The molecule has 2 atom stereocenters. The van der Waals surface area contributed by atoms with Crippen molar-refractivity contribution >= 4 is 5.91 Å². The average Bonchev–Trinajstić information content (AvgIpc) is 3.21. The molecule has 1 aromatic carbocycles. The van der Waals surface area contributed by atoms with Crippen molar-refractivity contribution in [3.8, 4) is 0 Å². The Morgan fingerprint density at radius 2 is 1.95 bits per heavy atom. The van der Waals surface area contributed by atoms with E-state index < -0.39 is 0 Å². The lowest BCUT2D eigenvalue weighted by molar-refractivity contribution is -0.124. The van der Waals surface area contributed by atoms with Crippen LogP contribution in [0, 0.1) is 11.7 Å². The molecule has 2 aliphatic carbocycles. The van der Waals surface area contributed by atoms with Crippen molar-refractivity contribution in [2.45, 2.75) is 56.9 Å². The molecule has 1 N–H and O–H groups in total. The second kappa shape index (κ2) is 5.19. The van der Waals surface area contributed by atoms with Crippen molar-refractivity contribution in [1.29, 1.82) is 0 Å². The Kier molecular flexibility index (Phi) is 3.53. The minimum absolute atomic E-state index is 0.142. The minimum atomic E-state index is -0.381. The van der Waals surface area contributed by atoms with E-state index in [1.807, 2.05) is 0 Å². The monoisotopic (exact) mass is 275 g/mol. The molecule has 0 spiro atoms. The average molecular weight is 275 g/mol. The number of benzene rings is 1. The zero-order chi connectivity index (χ0) is 14.2. The van der Waals surface area contributed by atoms with Crippen LogP contribution in [-0.4, -0.2) is 11.9 Å². The Bertz CT molecular complexity index is 492. The van der Waals surface area contributed by atoms with Gasteiger partial charge in [0.25, 0.3) is 0 Å². The largest absolute Gasteiger partial charge is 0.353 e. The van der Waals surface area contributed by atoms with Crippen molar-refractivity contribution in [2.24, 2.45) is 5.92 Å². The van der Waals surface area contributed by atoms with Crippen molar-refractivity contribution in [3.63, 3.8) is 0 Å². The molecule has 2 fully saturated rings. The number of rotatable bonds is 3. The smallest absolute Gasteiger partial charge is 0.230 e. The van der Waals surface area contributed by atoms with E-state index in [1.54, 1.807) is 12.1 Å². The summed E-state index contributed by atoms with van der Waals surface area (Å²) < 4.78 is 13.0. The molecule has 3 heteroatoms. The van der Waals surface area contributed by atoms with Gasteiger partial charge in [0.2, 0.25) is 5.91 Å². The highest BCUT2D eigenvalue weighted by atomic mass is 19.1. The molecule has 20 heavy (non-hydrogen) atoms. The lowest BCUT2D eigenvalue weighted by atomic mass is 9.86. The molecule has 1 amide bonds. The first-order valence-corrected chi connectivity index (χ1v) is 7.67. The summed E-state index contributed by atoms with van der Waals surface area (Å²) in [6.45, 7) is 2.26. The second-order valence-electron chi connectivity index (χ2n) is 6.53. The summed E-state index contributed by atoms with van der Waals surface area (Å²) in [5.41, 5.74) is 0.578. The summed E-state index contributed by atoms with van der Waals surface area (Å²) in [4.78, 5) is 12.6. The van der Waals surface area contributed by atoms with E-state index in [2.05, 4.69) is 12.2 Å². The molecule has 0 radical (unpaired) electrons. The van der Waals surface area contributed by atoms with Crippen LogP contribution in [0.5, 0.6) is 0 Å². The number of hydrogen-bond acceptors (Lipinski definition) is 1. The van der Waals surface area contributed by atoms with Gasteiger partial charge in [0.1, 0.15) is 5.82 Å². The Morgan fingerprint density at radius 3 is 2.55 bits per heavy atom. The quantitative estimate of drug-likeness (QED) is 0.898. The first kappa shape index (κ1) is 13.6. The van der Waals surface area contributed by atoms with Crippen LogP contribution < -0.4 is 5.32 Å². The molecule has 108 valence electrons. The van der Waals surface area contributed by atoms with Gasteiger partial charge >= 0.3 is 0 Å². The third-order valence-corrected chi connectivity index (χ3v) is 4.85. The Balaban J connectivity index is 1.68. The second-order valence-corrected chi connectivity index (χ2v) is 6.53. The molecule has 2 aliphatic rings. The van der Waals surface area contributed by atoms with E-state index >= 15 is 0 Å². The molecular formula is C17H22FNO. The summed E-state index contributed by atoms with van der Waals surface area (Å²) in [5, 5.41) is 3.23. The van der Waals surface area contributed by atoms with Gasteiger partial charge in [-0.3, -0.25) is 4.79 Å². The van der Waals surface area contributed by atoms with Crippen LogP contribution in [0.1, 0.15) is 51.0 Å². The molecule has 0 saturated heterocycles. The number of halogens is 1. The molecular weight excluding hydrogens is 253 g/mol. The molecule has 2 nitrogen and oxygen atoms in total. The van der Waals surface area contributed by atoms with Crippen molar-refractivity contribution in [3.05, 3.63) is 35.6 Å². The van der Waals surface area contributed by atoms with Crippen LogP contribution >= 0.6 is 0 Å². The van der Waals surface area contributed by atoms with Gasteiger partial charge in [-0.2, -0.15) is 0 Å². The maximum Gasteiger partial charge on any atom is 0.230 e. The van der Waals surface area contributed by atoms with Gasteiger partial charge in [-0.1, -0.05) is 31.9 Å². The zero-order valence-electron chi connectivity index (χ0n) is 12.0. The highest BCUT2D eigenvalue weighted by Gasteiger charge is 2.51. The fourth-order valence-electron chi connectivity index (χ4n) is 3.43. The van der Waals surface area contributed by atoms with Gasteiger partial charge in [-0.15, -0.1) is 0 Å². The number of nitrogens with one attached hydrogen (secondary N) is 1. The van der Waals surface area contributed by atoms with E-state index in [4.69, 9.17) is 0 Å². The first-order valence-electron chi connectivity index (χ1n) is 7.67. The summed E-state index contributed by atoms with van der Waals surface area (Å²) in [6, 6.07) is 6.73. The highest BCUT2D eigenvalue weighted by molar-refractivity contribution is 5.91. The Morgan fingerprint density at radius 1 is 1.25 bits per heavy atom. The normalized spacial score (nSPS) is 27.9. The van der Waals surface area contributed by atoms with Crippen LogP contribution in [0.2, 0.25) is 0 Å². The van der Waals surface area contributed by atoms with E-state index in [-0.39, 0.29) is 17.1 Å². The standard InChI is InChI=1S/C17H22FNO/c1-12-3-2-4-15(11-12)19-16(20)17(9-10-17)13-5-7-14(18)8-6-13/h5-8,12,15H,2-4,9-11H2,1H3,(H,19,20). The lowest BCUT2D eigenvalue weighted by Gasteiger charge is -2.29. The maximum atomic E-state index is 13.0. The first-order chi connectivity index (χ1) is 9.60. The SMILES string of the molecule is CC1CCCC(NC(=O)C2(c3ccc(F)cc3)CC2)C1. The van der Waals surface area contributed by atoms with E-state index in [0.717, 1.165) is 31.2 Å². The zero-order valence-corrected chi connectivity index (χ0v) is 12.0. The molecule has 2 saturated carbocycles. The predicted octanol–water partition coefficient (Wildman–Crippen LogP) is 3.55. The highest BCUT2D eigenvalue weighted by Crippen LogP contribution is 2.48. The van der Waals surface area contributed by atoms with Crippen molar-refractivity contribution in [1.82, 2.24) is 5.32 Å². The molecule has 0 bridgehead atoms. The minimum Gasteiger partial charge on any atom is -0.353 e. The third-order valence-electron chi connectivity index (χ3n) is 4.85. The predicted molar refractivity (Wildman–Crippen MR) is 76.9 cm³/mol. The molecule has 1 aromatic rings. The van der Waals surface area contributed by atoms with Crippen molar-refractivity contribution in [2.75, 3.05) is 0 Å². The van der Waals surface area contributed by atoms with E-state index in [1.165, 1.54) is 25.0 Å². The molecule has 0 aliphatic heterocycles. The Hall–Kier alpha value is -1.38. The van der Waals surface area contributed by atoms with Gasteiger partial charge in [0.05, 0.1) is 5.41 Å². The van der Waals surface area contributed by atoms with Crippen LogP contribution in [0.25, 0.3) is 0 Å². The molecule has 0 heterocycles. The van der Waals surface area contributed by atoms with E-state index in [0.29, 0.717) is 12.0 Å². The van der Waals surface area contributed by atoms with Gasteiger partial charge in [-0.25, -0.2) is 4.39 Å². The van der Waals surface area contributed by atoms with E-state index in [9.17, 15) is 9.18 Å². The van der Waals surface area contributed by atoms with Crippen LogP contribution in [0.15, 0.2) is 24.3 Å². The number of carbonyl (C=O) groups is 1. The maximum absolute atomic E-state index is 13.0. The fourth-order valence-corrected chi connectivity index (χ4v) is 3.43. The van der Waals surface area contributed by atoms with Gasteiger partial charge in [-0.05, 0) is 49.3 Å². The lowest BCUT2D eigenvalue weighted by Crippen LogP contribution is -2.43. The van der Waals surface area contributed by atoms with Crippen LogP contribution in [-0.2, 0) is 10.2 Å². The molecule has 3 rings (SSSR count). The van der Waals surface area contributed by atoms with Gasteiger partial charge in [0, 0.05) is 6.04 Å². The Labute approximate surface area is 119 Å². The summed E-state index contributed by atoms with van der Waals surface area (Å²) >= 11 is 0. The van der Waals surface area contributed by atoms with Gasteiger partial charge < -0.3 is 5.32 Å². The summed E-state index contributed by atoms with van der Waals surface area (Å²) in [6.07, 6.45) is 6.42. The van der Waals surface area contributed by atoms with Gasteiger partial charge in [0.15, 0.2) is 0 Å². The fraction of sp³-hybridized carbons (Fsp3) is 0.588.